The summed E-state index contributed by atoms with van der Waals surface area (Å²) in [7, 11) is 0. The second-order valence-corrected chi connectivity index (χ2v) is 13.1. The van der Waals surface area contributed by atoms with E-state index < -0.39 is 12.1 Å². The van der Waals surface area contributed by atoms with Crippen LogP contribution < -0.4 is 15.0 Å². The molecule has 0 spiro atoms. The first kappa shape index (κ1) is 35.3. The van der Waals surface area contributed by atoms with Gasteiger partial charge in [0.25, 0.3) is 0 Å². The molecule has 3 aliphatic rings. The number of nitrogens with one attached hydrogen (secondary N) is 1. The number of aromatic nitrogens is 2. The molecule has 0 amide bonds. The predicted octanol–water partition coefficient (Wildman–Crippen LogP) is 4.71. The second kappa shape index (κ2) is 15.1. The Bertz CT molecular complexity index is 1600. The standard InChI is InChI=1S/C32H38ClN7O.C2HF3O2/c1-32(2,25-15-23(18-34)16-26(33)17-25)24-3-5-30(6-4-24)41-22-27-7-10-36-31(37-27)39-13-11-38(12-14-39)29-20-40(21-29)28-8-9-35-19-28;3-2(4,5)1(6)7/h3-7,10,15-17,28-29,35H,8-9,11-14,19-22H2,1-2H3;(H,6,7). The second-order valence-electron chi connectivity index (χ2n) is 12.7. The number of nitrogens with zero attached hydrogens (tertiary/aromatic N) is 6. The Morgan fingerprint density at radius 1 is 1.04 bits per heavy atom. The smallest absolute Gasteiger partial charge is 0.487 e. The third kappa shape index (κ3) is 8.73. The average Bonchev–Trinajstić information content (AvgIpc) is 3.58. The number of aliphatic carboxylic acids is 1. The molecule has 48 heavy (non-hydrogen) atoms. The molecule has 2 aromatic carbocycles. The van der Waals surface area contributed by atoms with E-state index in [1.54, 1.807) is 6.07 Å². The van der Waals surface area contributed by atoms with Gasteiger partial charge in [0.2, 0.25) is 5.95 Å². The number of halogens is 4. The predicted molar refractivity (Wildman–Crippen MR) is 175 cm³/mol. The molecule has 3 aromatic rings. The summed E-state index contributed by atoms with van der Waals surface area (Å²) in [5.74, 6) is -1.19. The van der Waals surface area contributed by atoms with Crippen molar-refractivity contribution in [3.63, 3.8) is 0 Å². The van der Waals surface area contributed by atoms with Crippen molar-refractivity contribution in [3.8, 4) is 11.8 Å². The van der Waals surface area contributed by atoms with Crippen molar-refractivity contribution >= 4 is 23.5 Å². The Morgan fingerprint density at radius 2 is 1.73 bits per heavy atom. The summed E-state index contributed by atoms with van der Waals surface area (Å²) in [5, 5.41) is 20.5. The number of likely N-dealkylation sites (tertiary alicyclic amines) is 1. The Balaban J connectivity index is 0.000000582. The van der Waals surface area contributed by atoms with Crippen LogP contribution >= 0.6 is 11.6 Å². The van der Waals surface area contributed by atoms with Crippen molar-refractivity contribution in [2.75, 3.05) is 57.3 Å². The first-order chi connectivity index (χ1) is 22.8. The molecule has 0 aliphatic carbocycles. The quantitative estimate of drug-likeness (QED) is 0.345. The first-order valence-corrected chi connectivity index (χ1v) is 16.2. The fraction of sp³-hybridized carbons (Fsp3) is 0.471. The van der Waals surface area contributed by atoms with E-state index in [-0.39, 0.29) is 5.41 Å². The molecule has 0 radical (unpaired) electrons. The van der Waals surface area contributed by atoms with Crippen LogP contribution in [-0.4, -0.2) is 101 Å². The minimum Gasteiger partial charge on any atom is -0.487 e. The van der Waals surface area contributed by atoms with Crippen molar-refractivity contribution < 1.29 is 27.8 Å². The van der Waals surface area contributed by atoms with E-state index in [2.05, 4.69) is 57.0 Å². The molecule has 1 aromatic heterocycles. The molecule has 1 atom stereocenters. The Hall–Kier alpha value is -3.96. The van der Waals surface area contributed by atoms with Crippen molar-refractivity contribution in [2.24, 2.45) is 0 Å². The maximum Gasteiger partial charge on any atom is 0.490 e. The van der Waals surface area contributed by atoms with Gasteiger partial charge in [-0.2, -0.15) is 18.4 Å². The van der Waals surface area contributed by atoms with Crippen LogP contribution in [0, 0.1) is 11.3 Å². The zero-order valence-corrected chi connectivity index (χ0v) is 27.6. The number of rotatable bonds is 8. The van der Waals surface area contributed by atoms with Crippen LogP contribution in [0.2, 0.25) is 5.02 Å². The summed E-state index contributed by atoms with van der Waals surface area (Å²) < 4.78 is 37.8. The zero-order chi connectivity index (χ0) is 34.5. The highest BCUT2D eigenvalue weighted by Crippen LogP contribution is 2.34. The van der Waals surface area contributed by atoms with E-state index in [1.165, 1.54) is 19.5 Å². The van der Waals surface area contributed by atoms with Gasteiger partial charge < -0.3 is 20.1 Å². The van der Waals surface area contributed by atoms with E-state index in [0.29, 0.717) is 23.2 Å². The number of anilines is 1. The highest BCUT2D eigenvalue weighted by Gasteiger charge is 2.39. The molecule has 6 rings (SSSR count). The summed E-state index contributed by atoms with van der Waals surface area (Å²) >= 11 is 6.27. The highest BCUT2D eigenvalue weighted by atomic mass is 35.5. The van der Waals surface area contributed by atoms with Crippen LogP contribution in [0.15, 0.2) is 54.7 Å². The van der Waals surface area contributed by atoms with Crippen LogP contribution in [0.5, 0.6) is 5.75 Å². The Labute approximate surface area is 283 Å². The number of alkyl halides is 3. The van der Waals surface area contributed by atoms with E-state index in [9.17, 15) is 18.4 Å². The van der Waals surface area contributed by atoms with Crippen molar-refractivity contribution in [2.45, 2.75) is 50.6 Å². The lowest BCUT2D eigenvalue weighted by Crippen LogP contribution is -2.65. The van der Waals surface area contributed by atoms with E-state index >= 15 is 0 Å². The number of hydrogen-bond acceptors (Lipinski definition) is 9. The summed E-state index contributed by atoms with van der Waals surface area (Å²) in [6.07, 6.45) is -1.96. The number of hydrogen-bond donors (Lipinski definition) is 2. The van der Waals surface area contributed by atoms with Gasteiger partial charge in [0, 0.05) is 74.5 Å². The minimum absolute atomic E-state index is 0.313. The number of benzene rings is 2. The molecule has 4 heterocycles. The third-order valence-corrected chi connectivity index (χ3v) is 9.43. The van der Waals surface area contributed by atoms with Gasteiger partial charge in [-0.1, -0.05) is 37.6 Å². The maximum atomic E-state index is 10.6. The molecule has 2 N–H and O–H groups in total. The number of ether oxygens (including phenoxy) is 1. The maximum absolute atomic E-state index is 10.6. The molecule has 0 saturated carbocycles. The fourth-order valence-corrected chi connectivity index (χ4v) is 6.41. The van der Waals surface area contributed by atoms with Gasteiger partial charge in [0.1, 0.15) is 12.4 Å². The first-order valence-electron chi connectivity index (χ1n) is 15.8. The fourth-order valence-electron chi connectivity index (χ4n) is 6.18. The van der Waals surface area contributed by atoms with Crippen LogP contribution in [0.25, 0.3) is 0 Å². The largest absolute Gasteiger partial charge is 0.490 e. The monoisotopic (exact) mass is 685 g/mol. The Morgan fingerprint density at radius 3 is 2.33 bits per heavy atom. The molecule has 10 nitrogen and oxygen atoms in total. The van der Waals surface area contributed by atoms with Gasteiger partial charge in [-0.05, 0) is 60.5 Å². The lowest BCUT2D eigenvalue weighted by atomic mass is 9.78. The average molecular weight is 686 g/mol. The summed E-state index contributed by atoms with van der Waals surface area (Å²) in [5.41, 5.74) is 3.23. The number of piperazine rings is 1. The topological polar surface area (TPSA) is 118 Å². The van der Waals surface area contributed by atoms with Gasteiger partial charge in [0.05, 0.1) is 17.3 Å². The number of carbonyl (C=O) groups is 1. The molecule has 256 valence electrons. The van der Waals surface area contributed by atoms with Crippen molar-refractivity contribution in [1.29, 1.82) is 5.26 Å². The number of carboxylic acids is 1. The SMILES string of the molecule is CC(C)(c1ccc(OCc2ccnc(N3CCN(C4CN(C5CCNC5)C4)CC3)n2)cc1)c1cc(Cl)cc(C#N)c1.O=C(O)C(F)(F)F. The van der Waals surface area contributed by atoms with Gasteiger partial charge in [-0.3, -0.25) is 9.80 Å². The lowest BCUT2D eigenvalue weighted by molar-refractivity contribution is -0.192. The molecular weight excluding hydrogens is 647 g/mol. The van der Waals surface area contributed by atoms with Gasteiger partial charge in [0.15, 0.2) is 0 Å². The van der Waals surface area contributed by atoms with Crippen molar-refractivity contribution in [3.05, 3.63) is 82.1 Å². The van der Waals surface area contributed by atoms with E-state index in [1.807, 2.05) is 36.5 Å². The highest BCUT2D eigenvalue weighted by molar-refractivity contribution is 6.30. The van der Waals surface area contributed by atoms with Crippen molar-refractivity contribution in [1.82, 2.24) is 25.1 Å². The molecule has 3 aliphatic heterocycles. The normalized spacial score (nSPS) is 19.2. The van der Waals surface area contributed by atoms with Gasteiger partial charge >= 0.3 is 12.1 Å². The summed E-state index contributed by atoms with van der Waals surface area (Å²) in [6, 6.07) is 19.2. The molecular formula is C34H39ClF3N7O3. The third-order valence-electron chi connectivity index (χ3n) is 9.21. The molecule has 3 fully saturated rings. The van der Waals surface area contributed by atoms with E-state index in [4.69, 9.17) is 31.2 Å². The molecule has 1 unspecified atom stereocenters. The van der Waals surface area contributed by atoms with E-state index in [0.717, 1.165) is 73.8 Å². The van der Waals surface area contributed by atoms with Crippen LogP contribution in [0.3, 0.4) is 0 Å². The number of carboxylic acid groups (broad SMARTS) is 1. The molecule has 3 saturated heterocycles. The molecule has 14 heteroatoms. The van der Waals surface area contributed by atoms with Crippen LogP contribution in [0.1, 0.15) is 42.7 Å². The van der Waals surface area contributed by atoms with Crippen LogP contribution in [-0.2, 0) is 16.8 Å². The minimum atomic E-state index is -5.08. The van der Waals surface area contributed by atoms with Gasteiger partial charge in [-0.15, -0.1) is 0 Å². The lowest BCUT2D eigenvalue weighted by Gasteiger charge is -2.50. The molecule has 0 bridgehead atoms. The summed E-state index contributed by atoms with van der Waals surface area (Å²) in [6.45, 7) is 13.4. The van der Waals surface area contributed by atoms with Gasteiger partial charge in [-0.25, -0.2) is 14.8 Å². The van der Waals surface area contributed by atoms with Crippen LogP contribution in [0.4, 0.5) is 19.1 Å². The zero-order valence-electron chi connectivity index (χ0n) is 26.9. The number of nitriles is 1. The summed E-state index contributed by atoms with van der Waals surface area (Å²) in [4.78, 5) is 25.9. The Kier molecular flexibility index (Phi) is 11.1.